The Morgan fingerprint density at radius 1 is 1.24 bits per heavy atom. The molecule has 0 aromatic heterocycles. The van der Waals surface area contributed by atoms with Crippen LogP contribution >= 0.6 is 0 Å². The van der Waals surface area contributed by atoms with Crippen molar-refractivity contribution in [2.24, 2.45) is 0 Å². The van der Waals surface area contributed by atoms with Crippen molar-refractivity contribution in [1.82, 2.24) is 10.2 Å². The summed E-state index contributed by atoms with van der Waals surface area (Å²) in [7, 11) is 0. The molecule has 2 amide bonds. The molecule has 2 aliphatic heterocycles. The van der Waals surface area contributed by atoms with Gasteiger partial charge in [-0.3, -0.25) is 9.59 Å². The Balaban J connectivity index is 1.56. The Morgan fingerprint density at radius 2 is 2.00 bits per heavy atom. The minimum atomic E-state index is -1.12. The molecule has 0 bridgehead atoms. The second-order valence-electron chi connectivity index (χ2n) is 5.82. The van der Waals surface area contributed by atoms with E-state index in [2.05, 4.69) is 5.32 Å². The molecule has 2 atom stereocenters. The fourth-order valence-corrected chi connectivity index (χ4v) is 2.70. The third-order valence-corrected chi connectivity index (χ3v) is 3.92. The maximum Gasteiger partial charge on any atom is 0.334 e. The van der Waals surface area contributed by atoms with Gasteiger partial charge in [-0.2, -0.15) is 0 Å². The highest BCUT2D eigenvalue weighted by Gasteiger charge is 2.32. The summed E-state index contributed by atoms with van der Waals surface area (Å²) in [6.45, 7) is 1.81. The average molecular weight is 350 g/mol. The number of nitrogens with one attached hydrogen (secondary N) is 1. The quantitative estimate of drug-likeness (QED) is 0.776. The van der Waals surface area contributed by atoms with Crippen LogP contribution in [0.4, 0.5) is 0 Å². The third kappa shape index (κ3) is 3.82. The largest absolute Gasteiger partial charge is 0.479 e. The van der Waals surface area contributed by atoms with Crippen molar-refractivity contribution in [1.29, 1.82) is 0 Å². The molecular formula is C16H18N2O7. The van der Waals surface area contributed by atoms with Crippen LogP contribution in [0, 0.1) is 0 Å². The molecular weight excluding hydrogens is 332 g/mol. The number of carbonyl (C=O) groups excluding carboxylic acids is 2. The number of rotatable bonds is 4. The zero-order valence-electron chi connectivity index (χ0n) is 13.6. The summed E-state index contributed by atoms with van der Waals surface area (Å²) in [6, 6.07) is 4.74. The lowest BCUT2D eigenvalue weighted by atomic mass is 10.2. The average Bonchev–Trinajstić information content (AvgIpc) is 3.06. The molecule has 0 spiro atoms. The second-order valence-corrected chi connectivity index (χ2v) is 5.82. The van der Waals surface area contributed by atoms with Gasteiger partial charge in [0.15, 0.2) is 17.6 Å². The van der Waals surface area contributed by atoms with Gasteiger partial charge in [-0.25, -0.2) is 4.79 Å². The van der Waals surface area contributed by atoms with E-state index < -0.39 is 18.0 Å². The number of hydrogen-bond donors (Lipinski definition) is 2. The zero-order chi connectivity index (χ0) is 18.0. The van der Waals surface area contributed by atoms with Gasteiger partial charge in [0.1, 0.15) is 0 Å². The minimum Gasteiger partial charge on any atom is -0.479 e. The standard InChI is InChI=1S/C16H18N2O7/c1-9-6-18(7-13(25-9)16(21)22)14(19)5-17-15(20)10-2-3-11-12(4-10)24-8-23-11/h2-4,9,13H,5-8H2,1H3,(H,17,20)(H,21,22)/t9-,13?/m1/s1. The number of aliphatic carboxylic acids is 1. The van der Waals surface area contributed by atoms with Crippen molar-refractivity contribution in [3.8, 4) is 11.5 Å². The Bertz CT molecular complexity index is 706. The van der Waals surface area contributed by atoms with Crippen LogP contribution in [-0.2, 0) is 14.3 Å². The monoisotopic (exact) mass is 350 g/mol. The van der Waals surface area contributed by atoms with Gasteiger partial charge in [0.25, 0.3) is 5.91 Å². The van der Waals surface area contributed by atoms with Crippen molar-refractivity contribution in [2.45, 2.75) is 19.1 Å². The first-order valence-corrected chi connectivity index (χ1v) is 7.78. The van der Waals surface area contributed by atoms with E-state index in [0.29, 0.717) is 17.1 Å². The van der Waals surface area contributed by atoms with E-state index in [4.69, 9.17) is 19.3 Å². The summed E-state index contributed by atoms with van der Waals surface area (Å²) in [5.74, 6) is -0.869. The topological polar surface area (TPSA) is 114 Å². The van der Waals surface area contributed by atoms with Crippen molar-refractivity contribution in [3.63, 3.8) is 0 Å². The highest BCUT2D eigenvalue weighted by molar-refractivity contribution is 5.97. The number of carbonyl (C=O) groups is 3. The first kappa shape index (κ1) is 17.0. The lowest BCUT2D eigenvalue weighted by Gasteiger charge is -2.34. The first-order valence-electron chi connectivity index (χ1n) is 7.78. The number of ether oxygens (including phenoxy) is 3. The highest BCUT2D eigenvalue weighted by Crippen LogP contribution is 2.32. The van der Waals surface area contributed by atoms with Crippen molar-refractivity contribution in [2.75, 3.05) is 26.4 Å². The molecule has 134 valence electrons. The maximum atomic E-state index is 12.3. The molecule has 2 heterocycles. The predicted octanol–water partition coefficient (Wildman–Crippen LogP) is -0.154. The summed E-state index contributed by atoms with van der Waals surface area (Å²) in [5.41, 5.74) is 0.343. The molecule has 2 aliphatic rings. The molecule has 25 heavy (non-hydrogen) atoms. The van der Waals surface area contributed by atoms with Gasteiger partial charge >= 0.3 is 5.97 Å². The number of hydrogen-bond acceptors (Lipinski definition) is 6. The Hall–Kier alpha value is -2.81. The van der Waals surface area contributed by atoms with E-state index >= 15 is 0 Å². The van der Waals surface area contributed by atoms with Crippen LogP contribution in [0.25, 0.3) is 0 Å². The molecule has 2 N–H and O–H groups in total. The van der Waals surface area contributed by atoms with E-state index in [1.54, 1.807) is 25.1 Å². The number of morpholine rings is 1. The fraction of sp³-hybridized carbons (Fsp3) is 0.438. The van der Waals surface area contributed by atoms with Gasteiger partial charge in [-0.15, -0.1) is 0 Å². The van der Waals surface area contributed by atoms with Gasteiger partial charge in [-0.05, 0) is 25.1 Å². The van der Waals surface area contributed by atoms with Gasteiger partial charge < -0.3 is 29.5 Å². The van der Waals surface area contributed by atoms with Crippen LogP contribution in [0.1, 0.15) is 17.3 Å². The summed E-state index contributed by atoms with van der Waals surface area (Å²) >= 11 is 0. The Morgan fingerprint density at radius 3 is 2.76 bits per heavy atom. The number of benzene rings is 1. The van der Waals surface area contributed by atoms with Crippen LogP contribution in [0.5, 0.6) is 11.5 Å². The molecule has 0 aliphatic carbocycles. The lowest BCUT2D eigenvalue weighted by molar-refractivity contribution is -0.166. The van der Waals surface area contributed by atoms with Crippen LogP contribution in [0.2, 0.25) is 0 Å². The third-order valence-electron chi connectivity index (χ3n) is 3.92. The van der Waals surface area contributed by atoms with E-state index in [1.165, 1.54) is 4.90 Å². The van der Waals surface area contributed by atoms with E-state index in [0.717, 1.165) is 0 Å². The summed E-state index contributed by atoms with van der Waals surface area (Å²) < 4.78 is 15.6. The highest BCUT2D eigenvalue weighted by atomic mass is 16.7. The molecule has 0 saturated carbocycles. The Labute approximate surface area is 143 Å². The fourth-order valence-electron chi connectivity index (χ4n) is 2.70. The number of carboxylic acids is 1. The SMILES string of the molecule is C[C@@H]1CN(C(=O)CNC(=O)c2ccc3c(c2)OCO3)CC(C(=O)O)O1. The van der Waals surface area contributed by atoms with Crippen LogP contribution in [-0.4, -0.2) is 66.4 Å². The molecule has 1 unspecified atom stereocenters. The predicted molar refractivity (Wildman–Crippen MR) is 83.4 cm³/mol. The maximum absolute atomic E-state index is 12.3. The molecule has 1 aromatic rings. The van der Waals surface area contributed by atoms with Crippen molar-refractivity contribution >= 4 is 17.8 Å². The van der Waals surface area contributed by atoms with Crippen LogP contribution in [0.15, 0.2) is 18.2 Å². The zero-order valence-corrected chi connectivity index (χ0v) is 13.6. The smallest absolute Gasteiger partial charge is 0.334 e. The lowest BCUT2D eigenvalue weighted by Crippen LogP contribution is -2.53. The number of nitrogens with zero attached hydrogens (tertiary/aromatic N) is 1. The number of fused-ring (bicyclic) bond motifs is 1. The van der Waals surface area contributed by atoms with Gasteiger partial charge in [0.2, 0.25) is 12.7 Å². The molecule has 3 rings (SSSR count). The molecule has 9 nitrogen and oxygen atoms in total. The summed E-state index contributed by atoms with van der Waals surface area (Å²) in [6.07, 6.45) is -1.44. The van der Waals surface area contributed by atoms with Crippen LogP contribution in [0.3, 0.4) is 0 Å². The molecule has 1 fully saturated rings. The van der Waals surface area contributed by atoms with E-state index in [9.17, 15) is 14.4 Å². The normalized spacial score (nSPS) is 21.7. The molecule has 1 aromatic carbocycles. The first-order chi connectivity index (χ1) is 11.9. The Kier molecular flexibility index (Phi) is 4.75. The molecule has 9 heteroatoms. The summed E-state index contributed by atoms with van der Waals surface area (Å²) in [4.78, 5) is 36.9. The van der Waals surface area contributed by atoms with E-state index in [-0.39, 0.29) is 38.4 Å². The van der Waals surface area contributed by atoms with Crippen molar-refractivity contribution in [3.05, 3.63) is 23.8 Å². The second kappa shape index (κ2) is 6.98. The van der Waals surface area contributed by atoms with E-state index in [1.807, 2.05) is 0 Å². The van der Waals surface area contributed by atoms with Gasteiger partial charge in [0, 0.05) is 12.1 Å². The van der Waals surface area contributed by atoms with Crippen LogP contribution < -0.4 is 14.8 Å². The number of carboxylic acid groups (broad SMARTS) is 1. The minimum absolute atomic E-state index is 0.0433. The summed E-state index contributed by atoms with van der Waals surface area (Å²) in [5, 5.41) is 11.6. The number of amides is 2. The van der Waals surface area contributed by atoms with Gasteiger partial charge in [0.05, 0.1) is 19.2 Å². The molecule has 1 saturated heterocycles. The van der Waals surface area contributed by atoms with Gasteiger partial charge in [-0.1, -0.05) is 0 Å². The molecule has 0 radical (unpaired) electrons. The van der Waals surface area contributed by atoms with Crippen molar-refractivity contribution < 1.29 is 33.7 Å².